The molecule has 0 bridgehead atoms. The molecule has 0 amide bonds. The second kappa shape index (κ2) is 7.33. The number of carboxylic acids is 1. The van der Waals surface area contributed by atoms with E-state index in [0.717, 1.165) is 24.6 Å². The molecule has 0 saturated heterocycles. The monoisotopic (exact) mass is 271 g/mol. The molecule has 0 spiro atoms. The Morgan fingerprint density at radius 1 is 1.61 bits per heavy atom. The van der Waals surface area contributed by atoms with Crippen molar-refractivity contribution >= 4 is 22.4 Å². The van der Waals surface area contributed by atoms with Gasteiger partial charge < -0.3 is 15.3 Å². The molecule has 1 rings (SSSR count). The van der Waals surface area contributed by atoms with Crippen LogP contribution in [0.4, 0.5) is 5.13 Å². The van der Waals surface area contributed by atoms with E-state index in [-0.39, 0.29) is 6.42 Å². The summed E-state index contributed by atoms with van der Waals surface area (Å²) in [5, 5.41) is 14.5. The zero-order chi connectivity index (χ0) is 13.5. The quantitative estimate of drug-likeness (QED) is 0.707. The Hall–Kier alpha value is -1.14. The van der Waals surface area contributed by atoms with Crippen molar-refractivity contribution in [2.45, 2.75) is 32.7 Å². The lowest BCUT2D eigenvalue weighted by Crippen LogP contribution is -2.28. The molecule has 0 fully saturated rings. The van der Waals surface area contributed by atoms with E-state index in [1.807, 2.05) is 0 Å². The van der Waals surface area contributed by atoms with E-state index >= 15 is 0 Å². The van der Waals surface area contributed by atoms with Gasteiger partial charge in [0.2, 0.25) is 0 Å². The fourth-order valence-corrected chi connectivity index (χ4v) is 2.15. The first kappa shape index (κ1) is 14.9. The van der Waals surface area contributed by atoms with Gasteiger partial charge in [0.05, 0.1) is 12.1 Å². The molecule has 1 heterocycles. The van der Waals surface area contributed by atoms with Gasteiger partial charge in [-0.25, -0.2) is 4.98 Å². The maximum Gasteiger partial charge on any atom is 0.309 e. The van der Waals surface area contributed by atoms with E-state index in [2.05, 4.69) is 36.1 Å². The maximum atomic E-state index is 10.5. The molecule has 0 aromatic carbocycles. The van der Waals surface area contributed by atoms with Crippen molar-refractivity contribution in [3.05, 3.63) is 11.1 Å². The molecule has 0 aliphatic rings. The second-order valence-corrected chi connectivity index (χ2v) is 5.43. The number of carboxylic acid groups (broad SMARTS) is 1. The van der Waals surface area contributed by atoms with Gasteiger partial charge in [-0.3, -0.25) is 4.79 Å². The van der Waals surface area contributed by atoms with Gasteiger partial charge in [0.1, 0.15) is 0 Å². The Labute approximate surface area is 112 Å². The number of thiazole rings is 1. The first-order valence-electron chi connectivity index (χ1n) is 6.09. The molecule has 1 aromatic rings. The van der Waals surface area contributed by atoms with Gasteiger partial charge in [-0.1, -0.05) is 0 Å². The minimum Gasteiger partial charge on any atom is -0.481 e. The first-order chi connectivity index (χ1) is 8.49. The van der Waals surface area contributed by atoms with E-state index in [9.17, 15) is 4.79 Å². The second-order valence-electron chi connectivity index (χ2n) is 4.57. The van der Waals surface area contributed by atoms with Crippen LogP contribution >= 0.6 is 11.3 Å². The summed E-state index contributed by atoms with van der Waals surface area (Å²) >= 11 is 1.46. The molecular weight excluding hydrogens is 250 g/mol. The van der Waals surface area contributed by atoms with Crippen LogP contribution < -0.4 is 5.32 Å². The number of aromatic nitrogens is 1. The summed E-state index contributed by atoms with van der Waals surface area (Å²) < 4.78 is 0. The van der Waals surface area contributed by atoms with Crippen LogP contribution in [0.2, 0.25) is 0 Å². The zero-order valence-electron chi connectivity index (χ0n) is 11.1. The number of carbonyl (C=O) groups is 1. The van der Waals surface area contributed by atoms with Crippen LogP contribution in [0.3, 0.4) is 0 Å². The summed E-state index contributed by atoms with van der Waals surface area (Å²) in [7, 11) is 2.11. The average molecular weight is 271 g/mol. The molecule has 1 aromatic heterocycles. The molecule has 102 valence electrons. The first-order valence-corrected chi connectivity index (χ1v) is 6.97. The van der Waals surface area contributed by atoms with Crippen LogP contribution in [0.5, 0.6) is 0 Å². The van der Waals surface area contributed by atoms with Crippen molar-refractivity contribution in [2.75, 3.05) is 25.5 Å². The van der Waals surface area contributed by atoms with E-state index in [4.69, 9.17) is 5.11 Å². The Morgan fingerprint density at radius 2 is 2.33 bits per heavy atom. The highest BCUT2D eigenvalue weighted by molar-refractivity contribution is 7.13. The maximum absolute atomic E-state index is 10.5. The number of hydrogen-bond acceptors (Lipinski definition) is 5. The van der Waals surface area contributed by atoms with Gasteiger partial charge in [-0.2, -0.15) is 0 Å². The highest BCUT2D eigenvalue weighted by Gasteiger charge is 2.06. The summed E-state index contributed by atoms with van der Waals surface area (Å²) in [4.78, 5) is 17.0. The third kappa shape index (κ3) is 5.46. The summed E-state index contributed by atoms with van der Waals surface area (Å²) in [6.45, 7) is 6.24. The van der Waals surface area contributed by atoms with E-state index < -0.39 is 5.97 Å². The van der Waals surface area contributed by atoms with E-state index in [1.165, 1.54) is 11.3 Å². The van der Waals surface area contributed by atoms with Gasteiger partial charge in [0, 0.05) is 18.0 Å². The number of rotatable bonds is 8. The van der Waals surface area contributed by atoms with E-state index in [0.29, 0.717) is 11.7 Å². The Kier molecular flexibility index (Phi) is 6.07. The Bertz CT molecular complexity index is 379. The third-order valence-corrected chi connectivity index (χ3v) is 3.58. The molecule has 18 heavy (non-hydrogen) atoms. The molecule has 0 unspecified atom stereocenters. The number of nitrogens with one attached hydrogen (secondary N) is 1. The fourth-order valence-electron chi connectivity index (χ4n) is 1.41. The van der Waals surface area contributed by atoms with E-state index in [1.54, 1.807) is 5.38 Å². The van der Waals surface area contributed by atoms with Crippen LogP contribution in [0, 0.1) is 0 Å². The van der Waals surface area contributed by atoms with Crippen molar-refractivity contribution in [1.82, 2.24) is 9.88 Å². The highest BCUT2D eigenvalue weighted by Crippen LogP contribution is 2.15. The topological polar surface area (TPSA) is 65.5 Å². The summed E-state index contributed by atoms with van der Waals surface area (Å²) in [5.41, 5.74) is 0.620. The summed E-state index contributed by atoms with van der Waals surface area (Å²) in [5.74, 6) is -0.842. The molecule has 5 nitrogen and oxygen atoms in total. The van der Waals surface area contributed by atoms with Crippen molar-refractivity contribution in [3.8, 4) is 0 Å². The lowest BCUT2D eigenvalue weighted by molar-refractivity contribution is -0.136. The normalized spacial score (nSPS) is 11.2. The number of nitrogens with zero attached hydrogens (tertiary/aromatic N) is 2. The fraction of sp³-hybridized carbons (Fsp3) is 0.667. The molecule has 0 aliphatic heterocycles. The largest absolute Gasteiger partial charge is 0.481 e. The molecular formula is C12H21N3O2S. The van der Waals surface area contributed by atoms with Crippen LogP contribution in [-0.4, -0.2) is 47.1 Å². The zero-order valence-corrected chi connectivity index (χ0v) is 12.0. The lowest BCUT2D eigenvalue weighted by atomic mass is 10.3. The van der Waals surface area contributed by atoms with Crippen LogP contribution in [0.15, 0.2) is 5.38 Å². The highest BCUT2D eigenvalue weighted by atomic mass is 32.1. The third-order valence-electron chi connectivity index (χ3n) is 2.73. The molecule has 2 N–H and O–H groups in total. The predicted molar refractivity (Wildman–Crippen MR) is 74.3 cm³/mol. The van der Waals surface area contributed by atoms with Gasteiger partial charge in [0.25, 0.3) is 0 Å². The minimum absolute atomic E-state index is 0.00569. The molecule has 0 saturated carbocycles. The summed E-state index contributed by atoms with van der Waals surface area (Å²) in [6.07, 6.45) is 1.04. The van der Waals surface area contributed by atoms with Gasteiger partial charge in [-0.15, -0.1) is 11.3 Å². The van der Waals surface area contributed by atoms with Crippen molar-refractivity contribution in [2.24, 2.45) is 0 Å². The van der Waals surface area contributed by atoms with Crippen LogP contribution in [0.1, 0.15) is 26.0 Å². The summed E-state index contributed by atoms with van der Waals surface area (Å²) in [6, 6.07) is 0.562. The van der Waals surface area contributed by atoms with Gasteiger partial charge in [0.15, 0.2) is 5.13 Å². The lowest BCUT2D eigenvalue weighted by Gasteiger charge is -2.20. The average Bonchev–Trinajstić information content (AvgIpc) is 2.70. The molecule has 0 radical (unpaired) electrons. The Balaban J connectivity index is 2.23. The van der Waals surface area contributed by atoms with Crippen LogP contribution in [-0.2, 0) is 11.2 Å². The number of anilines is 1. The van der Waals surface area contributed by atoms with Crippen molar-refractivity contribution < 1.29 is 9.90 Å². The minimum atomic E-state index is -0.842. The van der Waals surface area contributed by atoms with Gasteiger partial charge >= 0.3 is 5.97 Å². The predicted octanol–water partition coefficient (Wildman–Crippen LogP) is 1.91. The van der Waals surface area contributed by atoms with Crippen LogP contribution in [0.25, 0.3) is 0 Å². The molecule has 0 atom stereocenters. The SMILES string of the molecule is CC(C)N(C)CCCNc1nc(CC(=O)O)cs1. The molecule has 0 aliphatic carbocycles. The van der Waals surface area contributed by atoms with Crippen molar-refractivity contribution in [1.29, 1.82) is 0 Å². The van der Waals surface area contributed by atoms with Crippen molar-refractivity contribution in [3.63, 3.8) is 0 Å². The van der Waals surface area contributed by atoms with Gasteiger partial charge in [-0.05, 0) is 33.9 Å². The standard InChI is InChI=1S/C12H21N3O2S/c1-9(2)15(3)6-4-5-13-12-14-10(8-18-12)7-11(16)17/h8-9H,4-7H2,1-3H3,(H,13,14)(H,16,17). The molecule has 6 heteroatoms. The smallest absolute Gasteiger partial charge is 0.309 e. The Morgan fingerprint density at radius 3 is 2.94 bits per heavy atom. The number of hydrogen-bond donors (Lipinski definition) is 2. The number of aliphatic carboxylic acids is 1.